The van der Waals surface area contributed by atoms with Crippen molar-refractivity contribution in [3.8, 4) is 0 Å². The standard InChI is InChI=1S/C18H15ClF2N2O3/c19-15-10-16(21)17(23(25)26)9-14(15)18(24)22-6-4-11(5-7-22)12-2-1-3-13(20)8-12/h1-3,8-11H,4-7H2. The lowest BCUT2D eigenvalue weighted by Crippen LogP contribution is -2.38. The lowest BCUT2D eigenvalue weighted by Gasteiger charge is -2.32. The van der Waals surface area contributed by atoms with E-state index in [1.54, 1.807) is 6.07 Å². The lowest BCUT2D eigenvalue weighted by atomic mass is 9.89. The molecule has 1 aliphatic rings. The summed E-state index contributed by atoms with van der Waals surface area (Å²) < 4.78 is 26.9. The molecule has 136 valence electrons. The van der Waals surface area contributed by atoms with Crippen molar-refractivity contribution >= 4 is 23.2 Å². The van der Waals surface area contributed by atoms with E-state index in [1.165, 1.54) is 17.0 Å². The van der Waals surface area contributed by atoms with E-state index < -0.39 is 22.3 Å². The number of piperidine rings is 1. The molecule has 0 saturated carbocycles. The highest BCUT2D eigenvalue weighted by Gasteiger charge is 2.28. The van der Waals surface area contributed by atoms with Crippen LogP contribution in [0.3, 0.4) is 0 Å². The van der Waals surface area contributed by atoms with E-state index in [-0.39, 0.29) is 22.3 Å². The Balaban J connectivity index is 1.75. The molecule has 2 aromatic rings. The number of amides is 1. The van der Waals surface area contributed by atoms with Crippen LogP contribution in [0.2, 0.25) is 5.02 Å². The van der Waals surface area contributed by atoms with E-state index in [0.717, 1.165) is 17.7 Å². The van der Waals surface area contributed by atoms with Gasteiger partial charge in [0, 0.05) is 25.2 Å². The summed E-state index contributed by atoms with van der Waals surface area (Å²) in [4.78, 5) is 24.2. The van der Waals surface area contributed by atoms with E-state index in [2.05, 4.69) is 0 Å². The first-order chi connectivity index (χ1) is 12.4. The molecule has 0 bridgehead atoms. The number of rotatable bonds is 3. The maximum Gasteiger partial charge on any atom is 0.305 e. The number of nitro benzene ring substituents is 1. The molecule has 0 radical (unpaired) electrons. The van der Waals surface area contributed by atoms with Crippen LogP contribution in [0.5, 0.6) is 0 Å². The van der Waals surface area contributed by atoms with Crippen LogP contribution in [0.25, 0.3) is 0 Å². The summed E-state index contributed by atoms with van der Waals surface area (Å²) in [5.74, 6) is -1.73. The number of benzene rings is 2. The zero-order valence-corrected chi connectivity index (χ0v) is 14.4. The summed E-state index contributed by atoms with van der Waals surface area (Å²) in [5.41, 5.74) is 0.00363. The van der Waals surface area contributed by atoms with Gasteiger partial charge in [0.1, 0.15) is 5.82 Å². The third kappa shape index (κ3) is 3.67. The number of nitrogens with zero attached hydrogens (tertiary/aromatic N) is 2. The normalized spacial score (nSPS) is 15.1. The monoisotopic (exact) mass is 380 g/mol. The fraction of sp³-hybridized carbons (Fsp3) is 0.278. The fourth-order valence-electron chi connectivity index (χ4n) is 3.19. The Morgan fingerprint density at radius 1 is 1.19 bits per heavy atom. The van der Waals surface area contributed by atoms with Crippen LogP contribution in [-0.4, -0.2) is 28.8 Å². The van der Waals surface area contributed by atoms with Crippen LogP contribution < -0.4 is 0 Å². The summed E-state index contributed by atoms with van der Waals surface area (Å²) in [5, 5.41) is 10.7. The predicted molar refractivity (Wildman–Crippen MR) is 92.3 cm³/mol. The minimum Gasteiger partial charge on any atom is -0.339 e. The molecule has 3 rings (SSSR count). The fourth-order valence-corrected chi connectivity index (χ4v) is 3.42. The minimum absolute atomic E-state index is 0.0935. The highest BCUT2D eigenvalue weighted by atomic mass is 35.5. The Morgan fingerprint density at radius 2 is 1.88 bits per heavy atom. The molecular formula is C18H15ClF2N2O3. The zero-order chi connectivity index (χ0) is 18.8. The second-order valence-corrected chi connectivity index (χ2v) is 6.57. The maximum atomic E-state index is 13.6. The van der Waals surface area contributed by atoms with Crippen molar-refractivity contribution in [1.82, 2.24) is 4.90 Å². The van der Waals surface area contributed by atoms with Crippen LogP contribution in [0.1, 0.15) is 34.7 Å². The van der Waals surface area contributed by atoms with Crippen LogP contribution in [0.4, 0.5) is 14.5 Å². The minimum atomic E-state index is -1.08. The molecule has 1 aliphatic heterocycles. The number of carbonyl (C=O) groups excluding carboxylic acids is 1. The van der Waals surface area contributed by atoms with Crippen molar-refractivity contribution in [3.05, 3.63) is 74.3 Å². The average molecular weight is 381 g/mol. The molecular weight excluding hydrogens is 366 g/mol. The van der Waals surface area contributed by atoms with Crippen molar-refractivity contribution < 1.29 is 18.5 Å². The van der Waals surface area contributed by atoms with Crippen LogP contribution in [0, 0.1) is 21.7 Å². The molecule has 26 heavy (non-hydrogen) atoms. The Bertz CT molecular complexity index is 868. The SMILES string of the molecule is O=C(c1cc([N+](=O)[O-])c(F)cc1Cl)N1CCC(c2cccc(F)c2)CC1. The quantitative estimate of drug-likeness (QED) is 0.579. The topological polar surface area (TPSA) is 63.4 Å². The van der Waals surface area contributed by atoms with Crippen molar-refractivity contribution in [2.24, 2.45) is 0 Å². The Labute approximate surface area is 153 Å². The van der Waals surface area contributed by atoms with Gasteiger partial charge in [-0.25, -0.2) is 4.39 Å². The van der Waals surface area contributed by atoms with Gasteiger partial charge in [-0.2, -0.15) is 4.39 Å². The van der Waals surface area contributed by atoms with E-state index in [1.807, 2.05) is 6.07 Å². The molecule has 5 nitrogen and oxygen atoms in total. The van der Waals surface area contributed by atoms with Crippen molar-refractivity contribution in [2.45, 2.75) is 18.8 Å². The zero-order valence-electron chi connectivity index (χ0n) is 13.6. The Hall–Kier alpha value is -2.54. The second-order valence-electron chi connectivity index (χ2n) is 6.16. The van der Waals surface area contributed by atoms with Gasteiger partial charge in [-0.3, -0.25) is 14.9 Å². The summed E-state index contributed by atoms with van der Waals surface area (Å²) >= 11 is 5.91. The average Bonchev–Trinajstić information content (AvgIpc) is 2.61. The predicted octanol–water partition coefficient (Wildman–Crippen LogP) is 4.55. The molecule has 0 N–H and O–H groups in total. The molecule has 0 atom stereocenters. The lowest BCUT2D eigenvalue weighted by molar-refractivity contribution is -0.387. The molecule has 0 unspecified atom stereocenters. The number of hydrogen-bond acceptors (Lipinski definition) is 3. The highest BCUT2D eigenvalue weighted by molar-refractivity contribution is 6.34. The van der Waals surface area contributed by atoms with Gasteiger partial charge >= 0.3 is 5.69 Å². The summed E-state index contributed by atoms with van der Waals surface area (Å²) in [7, 11) is 0. The van der Waals surface area contributed by atoms with Crippen LogP contribution >= 0.6 is 11.6 Å². The van der Waals surface area contributed by atoms with Crippen LogP contribution in [-0.2, 0) is 0 Å². The van der Waals surface area contributed by atoms with Gasteiger partial charge in [-0.15, -0.1) is 0 Å². The number of nitro groups is 1. The third-order valence-corrected chi connectivity index (χ3v) is 4.88. The summed E-state index contributed by atoms with van der Waals surface area (Å²) in [6, 6.07) is 8.03. The van der Waals surface area contributed by atoms with Gasteiger partial charge in [-0.05, 0) is 36.5 Å². The van der Waals surface area contributed by atoms with Gasteiger partial charge in [-0.1, -0.05) is 23.7 Å². The molecule has 0 aliphatic carbocycles. The second kappa shape index (κ2) is 7.37. The first kappa shape index (κ1) is 18.3. The van der Waals surface area contributed by atoms with Crippen LogP contribution in [0.15, 0.2) is 36.4 Å². The molecule has 8 heteroatoms. The smallest absolute Gasteiger partial charge is 0.305 e. The molecule has 0 aromatic heterocycles. The largest absolute Gasteiger partial charge is 0.339 e. The van der Waals surface area contributed by atoms with E-state index in [0.29, 0.717) is 25.9 Å². The van der Waals surface area contributed by atoms with Gasteiger partial charge in [0.25, 0.3) is 5.91 Å². The molecule has 1 amide bonds. The Morgan fingerprint density at radius 3 is 2.50 bits per heavy atom. The first-order valence-corrected chi connectivity index (χ1v) is 8.43. The summed E-state index contributed by atoms with van der Waals surface area (Å²) in [6.07, 6.45) is 1.27. The molecule has 2 aromatic carbocycles. The highest BCUT2D eigenvalue weighted by Crippen LogP contribution is 2.31. The molecule has 1 saturated heterocycles. The molecule has 1 fully saturated rings. The van der Waals surface area contributed by atoms with Gasteiger partial charge in [0.05, 0.1) is 15.5 Å². The molecule has 1 heterocycles. The van der Waals surface area contributed by atoms with E-state index >= 15 is 0 Å². The Kier molecular flexibility index (Phi) is 5.18. The van der Waals surface area contributed by atoms with Crippen molar-refractivity contribution in [1.29, 1.82) is 0 Å². The van der Waals surface area contributed by atoms with Gasteiger partial charge in [0.15, 0.2) is 0 Å². The number of likely N-dealkylation sites (tertiary alicyclic amines) is 1. The first-order valence-electron chi connectivity index (χ1n) is 8.05. The van der Waals surface area contributed by atoms with E-state index in [9.17, 15) is 23.7 Å². The van der Waals surface area contributed by atoms with Crippen molar-refractivity contribution in [3.63, 3.8) is 0 Å². The maximum absolute atomic E-state index is 13.6. The van der Waals surface area contributed by atoms with Gasteiger partial charge < -0.3 is 4.90 Å². The molecule has 0 spiro atoms. The number of hydrogen-bond donors (Lipinski definition) is 0. The van der Waals surface area contributed by atoms with Crippen molar-refractivity contribution in [2.75, 3.05) is 13.1 Å². The number of carbonyl (C=O) groups is 1. The van der Waals surface area contributed by atoms with Gasteiger partial charge in [0.2, 0.25) is 5.82 Å². The van der Waals surface area contributed by atoms with E-state index in [4.69, 9.17) is 11.6 Å². The summed E-state index contributed by atoms with van der Waals surface area (Å²) in [6.45, 7) is 0.809. The number of halogens is 3. The third-order valence-electron chi connectivity index (χ3n) is 4.57.